The number of amidine groups is 1. The molecule has 2 aromatic rings. The molecule has 0 radical (unpaired) electrons. The number of nitrogens with zero attached hydrogens (tertiary/aromatic N) is 5. The van der Waals surface area contributed by atoms with E-state index in [0.29, 0.717) is 68.2 Å². The van der Waals surface area contributed by atoms with Crippen molar-refractivity contribution < 1.29 is 13.5 Å². The van der Waals surface area contributed by atoms with Crippen LogP contribution in [-0.4, -0.2) is 72.6 Å². The van der Waals surface area contributed by atoms with Gasteiger partial charge in [0.1, 0.15) is 17.5 Å². The molecule has 0 saturated carbocycles. The Bertz CT molecular complexity index is 1130. The van der Waals surface area contributed by atoms with Crippen molar-refractivity contribution >= 4 is 29.0 Å². The first-order valence-electron chi connectivity index (χ1n) is 11.5. The molecule has 186 valence electrons. The van der Waals surface area contributed by atoms with E-state index in [4.69, 9.17) is 27.1 Å². The molecule has 2 N–H and O–H groups in total. The highest BCUT2D eigenvalue weighted by Crippen LogP contribution is 2.26. The van der Waals surface area contributed by atoms with Crippen LogP contribution in [0.15, 0.2) is 60.0 Å². The second-order valence-corrected chi connectivity index (χ2v) is 8.92. The van der Waals surface area contributed by atoms with Crippen LogP contribution in [0.1, 0.15) is 12.5 Å². The SMILES string of the molecule is C=C(/N=C(\C=C(/N)c1ccc(F)c(F)c1)N1CCN(c2ncccc2Cl)C[C@@H]1C)N1CCOCC1. The van der Waals surface area contributed by atoms with Gasteiger partial charge in [-0.2, -0.15) is 0 Å². The zero-order chi connectivity index (χ0) is 24.9. The van der Waals surface area contributed by atoms with Crippen molar-refractivity contribution in [3.05, 3.63) is 77.2 Å². The Morgan fingerprint density at radius 1 is 1.20 bits per heavy atom. The van der Waals surface area contributed by atoms with Gasteiger partial charge >= 0.3 is 0 Å². The number of aromatic nitrogens is 1. The number of rotatable bonds is 5. The highest BCUT2D eigenvalue weighted by molar-refractivity contribution is 6.32. The number of morpholine rings is 1. The molecule has 4 rings (SSSR count). The van der Waals surface area contributed by atoms with Crippen molar-refractivity contribution in [3.8, 4) is 0 Å². The summed E-state index contributed by atoms with van der Waals surface area (Å²) in [5.41, 5.74) is 6.98. The predicted molar refractivity (Wildman–Crippen MR) is 135 cm³/mol. The average molecular weight is 503 g/mol. The summed E-state index contributed by atoms with van der Waals surface area (Å²) in [5.74, 6) is 0.0649. The quantitative estimate of drug-likeness (QED) is 0.496. The molecule has 2 aliphatic rings. The van der Waals surface area contributed by atoms with E-state index in [-0.39, 0.29) is 11.7 Å². The van der Waals surface area contributed by atoms with E-state index in [9.17, 15) is 8.78 Å². The highest BCUT2D eigenvalue weighted by Gasteiger charge is 2.28. The van der Waals surface area contributed by atoms with Crippen LogP contribution in [-0.2, 0) is 4.74 Å². The maximum absolute atomic E-state index is 13.8. The number of ether oxygens (including phenoxy) is 1. The topological polar surface area (TPSA) is 70.2 Å². The molecule has 1 aromatic heterocycles. The van der Waals surface area contributed by atoms with Crippen LogP contribution < -0.4 is 10.6 Å². The molecular formula is C25H29ClF2N6O. The fourth-order valence-electron chi connectivity index (χ4n) is 4.20. The molecule has 35 heavy (non-hydrogen) atoms. The smallest absolute Gasteiger partial charge is 0.159 e. The molecule has 1 aromatic carbocycles. The molecule has 0 unspecified atom stereocenters. The highest BCUT2D eigenvalue weighted by atomic mass is 35.5. The van der Waals surface area contributed by atoms with Crippen LogP contribution in [0, 0.1) is 11.6 Å². The number of aliphatic imine (C=N–C) groups is 1. The van der Waals surface area contributed by atoms with E-state index >= 15 is 0 Å². The number of pyridine rings is 1. The first kappa shape index (κ1) is 24.9. The summed E-state index contributed by atoms with van der Waals surface area (Å²) < 4.78 is 32.7. The van der Waals surface area contributed by atoms with Crippen molar-refractivity contribution in [2.24, 2.45) is 10.7 Å². The van der Waals surface area contributed by atoms with Crippen LogP contribution in [0.5, 0.6) is 0 Å². The van der Waals surface area contributed by atoms with Gasteiger partial charge in [0.2, 0.25) is 0 Å². The molecule has 1 atom stereocenters. The average Bonchev–Trinajstić information content (AvgIpc) is 2.86. The standard InChI is InChI=1S/C25H29ClF2N6O/c1-17-16-33(25-20(26)4-3-7-30-25)8-9-34(17)24(31-18(2)32-10-12-35-13-11-32)15-23(29)19-5-6-21(27)22(28)14-19/h3-7,14-15,17H,2,8-13,16,29H2,1H3/b23-15-,31-24+/t17-/m0/s1. The lowest BCUT2D eigenvalue weighted by Gasteiger charge is -2.42. The van der Waals surface area contributed by atoms with Crippen molar-refractivity contribution in [1.82, 2.24) is 14.8 Å². The molecule has 0 bridgehead atoms. The van der Waals surface area contributed by atoms with E-state index < -0.39 is 11.6 Å². The summed E-state index contributed by atoms with van der Waals surface area (Å²) in [6, 6.07) is 7.26. The Kier molecular flexibility index (Phi) is 7.87. The second-order valence-electron chi connectivity index (χ2n) is 8.51. The molecular weight excluding hydrogens is 474 g/mol. The third-order valence-electron chi connectivity index (χ3n) is 6.12. The summed E-state index contributed by atoms with van der Waals surface area (Å²) >= 11 is 6.37. The largest absolute Gasteiger partial charge is 0.398 e. The predicted octanol–water partition coefficient (Wildman–Crippen LogP) is 3.73. The Morgan fingerprint density at radius 3 is 2.66 bits per heavy atom. The Balaban J connectivity index is 1.62. The molecule has 3 heterocycles. The normalized spacial score (nSPS) is 19.8. The zero-order valence-corrected chi connectivity index (χ0v) is 20.4. The molecule has 2 saturated heterocycles. The summed E-state index contributed by atoms with van der Waals surface area (Å²) in [6.45, 7) is 10.8. The first-order chi connectivity index (χ1) is 16.8. The van der Waals surface area contributed by atoms with Crippen LogP contribution in [0.25, 0.3) is 5.70 Å². The third-order valence-corrected chi connectivity index (χ3v) is 6.41. The van der Waals surface area contributed by atoms with Gasteiger partial charge in [0.15, 0.2) is 11.6 Å². The van der Waals surface area contributed by atoms with Gasteiger partial charge in [-0.1, -0.05) is 18.2 Å². The second kappa shape index (κ2) is 11.0. The van der Waals surface area contributed by atoms with Crippen molar-refractivity contribution in [2.75, 3.05) is 50.8 Å². The Labute approximate surface area is 209 Å². The molecule has 0 spiro atoms. The molecule has 2 fully saturated rings. The van der Waals surface area contributed by atoms with Crippen molar-refractivity contribution in [1.29, 1.82) is 0 Å². The van der Waals surface area contributed by atoms with E-state index in [2.05, 4.69) is 33.2 Å². The Morgan fingerprint density at radius 2 is 1.97 bits per heavy atom. The number of piperazine rings is 1. The summed E-state index contributed by atoms with van der Waals surface area (Å²) in [5, 5.41) is 0.602. The molecule has 10 heteroatoms. The van der Waals surface area contributed by atoms with Gasteiger partial charge in [-0.3, -0.25) is 0 Å². The van der Waals surface area contributed by atoms with Crippen molar-refractivity contribution in [2.45, 2.75) is 13.0 Å². The van der Waals surface area contributed by atoms with E-state index in [1.54, 1.807) is 18.3 Å². The molecule has 7 nitrogen and oxygen atoms in total. The van der Waals surface area contributed by atoms with Gasteiger partial charge in [-0.05, 0) is 37.3 Å². The maximum atomic E-state index is 13.8. The third kappa shape index (κ3) is 5.91. The van der Waals surface area contributed by atoms with Crippen molar-refractivity contribution in [3.63, 3.8) is 0 Å². The number of hydrogen-bond donors (Lipinski definition) is 1. The minimum absolute atomic E-state index is 0.0343. The van der Waals surface area contributed by atoms with E-state index in [1.807, 2.05) is 6.07 Å². The lowest BCUT2D eigenvalue weighted by atomic mass is 10.1. The fourth-order valence-corrected chi connectivity index (χ4v) is 4.44. The Hall–Kier alpha value is -3.17. The van der Waals surface area contributed by atoms with Gasteiger partial charge < -0.3 is 25.2 Å². The van der Waals surface area contributed by atoms with E-state index in [1.165, 1.54) is 6.07 Å². The lowest BCUT2D eigenvalue weighted by molar-refractivity contribution is 0.0533. The number of hydrogen-bond acceptors (Lipinski definition) is 6. The molecule has 0 aliphatic carbocycles. The summed E-state index contributed by atoms with van der Waals surface area (Å²) in [7, 11) is 0. The van der Waals surface area contributed by atoms with Crippen LogP contribution in [0.2, 0.25) is 5.02 Å². The number of nitrogens with two attached hydrogens (primary N) is 1. The molecule has 0 amide bonds. The first-order valence-corrected chi connectivity index (χ1v) is 11.9. The minimum Gasteiger partial charge on any atom is -0.398 e. The van der Waals surface area contributed by atoms with Crippen LogP contribution in [0.4, 0.5) is 14.6 Å². The van der Waals surface area contributed by atoms with Gasteiger partial charge in [0, 0.05) is 62.3 Å². The monoisotopic (exact) mass is 502 g/mol. The fraction of sp³-hybridized carbons (Fsp3) is 0.360. The number of anilines is 1. The molecule has 2 aliphatic heterocycles. The van der Waals surface area contributed by atoms with E-state index in [0.717, 1.165) is 18.0 Å². The van der Waals surface area contributed by atoms with Gasteiger partial charge in [-0.15, -0.1) is 0 Å². The van der Waals surface area contributed by atoms with Gasteiger partial charge in [0.25, 0.3) is 0 Å². The zero-order valence-electron chi connectivity index (χ0n) is 19.6. The number of benzene rings is 1. The summed E-state index contributed by atoms with van der Waals surface area (Å²) in [4.78, 5) is 15.6. The minimum atomic E-state index is -0.954. The van der Waals surface area contributed by atoms with Gasteiger partial charge in [-0.25, -0.2) is 18.8 Å². The number of halogens is 3. The van der Waals surface area contributed by atoms with Crippen LogP contribution >= 0.6 is 11.6 Å². The maximum Gasteiger partial charge on any atom is 0.159 e. The lowest BCUT2D eigenvalue weighted by Crippen LogP contribution is -2.54. The van der Waals surface area contributed by atoms with Gasteiger partial charge in [0.05, 0.1) is 18.2 Å². The van der Waals surface area contributed by atoms with Crippen LogP contribution in [0.3, 0.4) is 0 Å². The summed E-state index contributed by atoms with van der Waals surface area (Å²) in [6.07, 6.45) is 3.42.